The Kier molecular flexibility index (Phi) is 4.05. The summed E-state index contributed by atoms with van der Waals surface area (Å²) in [6.07, 6.45) is 0. The summed E-state index contributed by atoms with van der Waals surface area (Å²) >= 11 is 0. The molecule has 6 nitrogen and oxygen atoms in total. The van der Waals surface area contributed by atoms with Crippen molar-refractivity contribution in [2.45, 2.75) is 13.0 Å². The number of methoxy groups -OCH3 is 1. The SMILES string of the molecule is CNC(C)c1ccc(-c2ccc(OC)c([N+](=O)[O-])c2)o1. The van der Waals surface area contributed by atoms with Crippen molar-refractivity contribution in [3.63, 3.8) is 0 Å². The Morgan fingerprint density at radius 3 is 2.70 bits per heavy atom. The number of rotatable bonds is 5. The Balaban J connectivity index is 2.40. The molecule has 1 unspecified atom stereocenters. The first kappa shape index (κ1) is 14.1. The van der Waals surface area contributed by atoms with Gasteiger partial charge in [-0.05, 0) is 38.2 Å². The number of furan rings is 1. The van der Waals surface area contributed by atoms with Crippen LogP contribution in [0.2, 0.25) is 0 Å². The summed E-state index contributed by atoms with van der Waals surface area (Å²) in [7, 11) is 3.24. The van der Waals surface area contributed by atoms with Gasteiger partial charge in [0.05, 0.1) is 18.1 Å². The van der Waals surface area contributed by atoms with E-state index >= 15 is 0 Å². The van der Waals surface area contributed by atoms with E-state index in [2.05, 4.69) is 5.32 Å². The molecule has 20 heavy (non-hydrogen) atoms. The Morgan fingerprint density at radius 2 is 2.10 bits per heavy atom. The van der Waals surface area contributed by atoms with E-state index in [0.717, 1.165) is 5.76 Å². The lowest BCUT2D eigenvalue weighted by molar-refractivity contribution is -0.385. The summed E-state index contributed by atoms with van der Waals surface area (Å²) in [5.74, 6) is 1.60. The number of hydrogen-bond acceptors (Lipinski definition) is 5. The highest BCUT2D eigenvalue weighted by Gasteiger charge is 2.17. The highest BCUT2D eigenvalue weighted by molar-refractivity contribution is 5.65. The molecule has 0 spiro atoms. The predicted octanol–water partition coefficient (Wildman–Crippen LogP) is 3.14. The first-order valence-corrected chi connectivity index (χ1v) is 6.16. The maximum atomic E-state index is 11.0. The molecule has 106 valence electrons. The van der Waals surface area contributed by atoms with Gasteiger partial charge in [0.15, 0.2) is 5.75 Å². The lowest BCUT2D eigenvalue weighted by atomic mass is 10.1. The summed E-state index contributed by atoms with van der Waals surface area (Å²) in [4.78, 5) is 10.5. The van der Waals surface area contributed by atoms with E-state index in [-0.39, 0.29) is 17.5 Å². The number of nitrogens with zero attached hydrogens (tertiary/aromatic N) is 1. The molecule has 1 aromatic heterocycles. The predicted molar refractivity (Wildman–Crippen MR) is 74.8 cm³/mol. The number of ether oxygens (including phenoxy) is 1. The quantitative estimate of drug-likeness (QED) is 0.670. The van der Waals surface area contributed by atoms with Gasteiger partial charge in [0, 0.05) is 11.6 Å². The zero-order valence-electron chi connectivity index (χ0n) is 11.5. The third-order valence-corrected chi connectivity index (χ3v) is 3.15. The minimum absolute atomic E-state index is 0.0791. The normalized spacial score (nSPS) is 12.2. The van der Waals surface area contributed by atoms with Gasteiger partial charge in [0.25, 0.3) is 0 Å². The van der Waals surface area contributed by atoms with Gasteiger partial charge in [-0.1, -0.05) is 0 Å². The highest BCUT2D eigenvalue weighted by Crippen LogP contribution is 2.33. The van der Waals surface area contributed by atoms with Gasteiger partial charge in [0.2, 0.25) is 0 Å². The van der Waals surface area contributed by atoms with Crippen LogP contribution in [0.3, 0.4) is 0 Å². The lowest BCUT2D eigenvalue weighted by Gasteiger charge is -2.06. The number of nitrogens with one attached hydrogen (secondary N) is 1. The zero-order chi connectivity index (χ0) is 14.7. The molecule has 0 amide bonds. The molecule has 0 saturated carbocycles. The van der Waals surface area contributed by atoms with Crippen LogP contribution in [0.15, 0.2) is 34.7 Å². The average molecular weight is 276 g/mol. The van der Waals surface area contributed by atoms with Gasteiger partial charge >= 0.3 is 5.69 Å². The highest BCUT2D eigenvalue weighted by atomic mass is 16.6. The van der Waals surface area contributed by atoms with Crippen molar-refractivity contribution in [3.05, 3.63) is 46.2 Å². The second-order valence-corrected chi connectivity index (χ2v) is 4.36. The molecule has 1 heterocycles. The molecule has 0 radical (unpaired) electrons. The van der Waals surface area contributed by atoms with Gasteiger partial charge in [-0.2, -0.15) is 0 Å². The summed E-state index contributed by atoms with van der Waals surface area (Å²) < 4.78 is 10.7. The molecule has 0 aliphatic carbocycles. The molecule has 1 atom stereocenters. The molecule has 0 fully saturated rings. The minimum atomic E-state index is -0.470. The van der Waals surface area contributed by atoms with Crippen LogP contribution in [-0.2, 0) is 0 Å². The monoisotopic (exact) mass is 276 g/mol. The molecular weight excluding hydrogens is 260 g/mol. The second-order valence-electron chi connectivity index (χ2n) is 4.36. The van der Waals surface area contributed by atoms with Crippen molar-refractivity contribution in [2.24, 2.45) is 0 Å². The van der Waals surface area contributed by atoms with E-state index in [1.165, 1.54) is 13.2 Å². The van der Waals surface area contributed by atoms with Gasteiger partial charge < -0.3 is 14.5 Å². The van der Waals surface area contributed by atoms with Crippen LogP contribution in [0.4, 0.5) is 5.69 Å². The van der Waals surface area contributed by atoms with E-state index in [0.29, 0.717) is 11.3 Å². The maximum absolute atomic E-state index is 11.0. The van der Waals surface area contributed by atoms with Crippen LogP contribution in [-0.4, -0.2) is 19.1 Å². The van der Waals surface area contributed by atoms with Crippen molar-refractivity contribution in [1.82, 2.24) is 5.32 Å². The summed E-state index contributed by atoms with van der Waals surface area (Å²) in [5, 5.41) is 14.1. The van der Waals surface area contributed by atoms with Crippen LogP contribution in [0.5, 0.6) is 5.75 Å². The van der Waals surface area contributed by atoms with Crippen LogP contribution < -0.4 is 10.1 Å². The Labute approximate surface area is 116 Å². The van der Waals surface area contributed by atoms with E-state index < -0.39 is 4.92 Å². The molecule has 0 bridgehead atoms. The first-order valence-electron chi connectivity index (χ1n) is 6.16. The molecule has 1 N–H and O–H groups in total. The van der Waals surface area contributed by atoms with E-state index in [1.807, 2.05) is 20.0 Å². The Morgan fingerprint density at radius 1 is 1.35 bits per heavy atom. The van der Waals surface area contributed by atoms with Crippen molar-refractivity contribution in [1.29, 1.82) is 0 Å². The van der Waals surface area contributed by atoms with Crippen molar-refractivity contribution in [2.75, 3.05) is 14.2 Å². The van der Waals surface area contributed by atoms with E-state index in [9.17, 15) is 10.1 Å². The molecule has 6 heteroatoms. The Hall–Kier alpha value is -2.34. The molecule has 1 aromatic carbocycles. The smallest absolute Gasteiger partial charge is 0.311 e. The molecule has 0 aliphatic rings. The van der Waals surface area contributed by atoms with Crippen LogP contribution in [0.25, 0.3) is 11.3 Å². The molecule has 0 aliphatic heterocycles. The van der Waals surface area contributed by atoms with Crippen molar-refractivity contribution < 1.29 is 14.1 Å². The third-order valence-electron chi connectivity index (χ3n) is 3.15. The summed E-state index contributed by atoms with van der Waals surface area (Å²) in [6.45, 7) is 1.97. The molecule has 2 aromatic rings. The van der Waals surface area contributed by atoms with Crippen LogP contribution >= 0.6 is 0 Å². The van der Waals surface area contributed by atoms with Gasteiger partial charge in [-0.15, -0.1) is 0 Å². The standard InChI is InChI=1S/C14H16N2O4/c1-9(15-2)12-6-7-13(20-12)10-4-5-14(19-3)11(8-10)16(17)18/h4-9,15H,1-3H3. The number of benzene rings is 1. The van der Waals surface area contributed by atoms with Gasteiger partial charge in [-0.25, -0.2) is 0 Å². The second kappa shape index (κ2) is 5.75. The van der Waals surface area contributed by atoms with E-state index in [4.69, 9.17) is 9.15 Å². The van der Waals surface area contributed by atoms with Crippen LogP contribution in [0, 0.1) is 10.1 Å². The number of nitro groups is 1. The van der Waals surface area contributed by atoms with Crippen molar-refractivity contribution >= 4 is 5.69 Å². The number of nitro benzene ring substituents is 1. The fourth-order valence-electron chi connectivity index (χ4n) is 1.87. The van der Waals surface area contributed by atoms with Gasteiger partial charge in [0.1, 0.15) is 11.5 Å². The third kappa shape index (κ3) is 2.65. The molecular formula is C14H16N2O4. The van der Waals surface area contributed by atoms with Crippen LogP contribution in [0.1, 0.15) is 18.7 Å². The van der Waals surface area contributed by atoms with Gasteiger partial charge in [-0.3, -0.25) is 10.1 Å². The topological polar surface area (TPSA) is 77.5 Å². The zero-order valence-corrected chi connectivity index (χ0v) is 11.5. The summed E-state index contributed by atoms with van der Waals surface area (Å²) in [6, 6.07) is 8.49. The fourth-order valence-corrected chi connectivity index (χ4v) is 1.87. The lowest BCUT2D eigenvalue weighted by Crippen LogP contribution is -2.10. The van der Waals surface area contributed by atoms with E-state index in [1.54, 1.807) is 18.2 Å². The molecule has 0 saturated heterocycles. The Bertz CT molecular complexity index is 621. The number of hydrogen-bond donors (Lipinski definition) is 1. The largest absolute Gasteiger partial charge is 0.490 e. The molecule has 2 rings (SSSR count). The minimum Gasteiger partial charge on any atom is -0.490 e. The first-order chi connectivity index (χ1) is 9.56. The summed E-state index contributed by atoms with van der Waals surface area (Å²) in [5.41, 5.74) is 0.566. The maximum Gasteiger partial charge on any atom is 0.311 e. The van der Waals surface area contributed by atoms with Crippen molar-refractivity contribution in [3.8, 4) is 17.1 Å². The average Bonchev–Trinajstić information content (AvgIpc) is 2.95. The fraction of sp³-hybridized carbons (Fsp3) is 0.286.